The summed E-state index contributed by atoms with van der Waals surface area (Å²) in [7, 11) is -5.05. The molecule has 60 valence electrons. The van der Waals surface area contributed by atoms with Crippen molar-refractivity contribution in [1.82, 2.24) is 0 Å². The maximum absolute atomic E-state index is 9.67. The minimum Gasteiger partial charge on any atom is -0.790 e. The van der Waals surface area contributed by atoms with Crippen LogP contribution in [0.15, 0.2) is 0 Å². The van der Waals surface area contributed by atoms with E-state index >= 15 is 0 Å². The Bertz CT molecular complexity index is 149. The quantitative estimate of drug-likeness (QED) is 0.363. The van der Waals surface area contributed by atoms with Crippen LogP contribution in [0, 0.1) is 0 Å². The molecule has 0 aromatic heterocycles. The van der Waals surface area contributed by atoms with E-state index < -0.39 is 20.5 Å². The number of aldehydes is 1. The van der Waals surface area contributed by atoms with Gasteiger partial charge in [0.2, 0.25) is 0 Å². The lowest BCUT2D eigenvalue weighted by Gasteiger charge is -2.28. The van der Waals surface area contributed by atoms with Crippen molar-refractivity contribution in [3.8, 4) is 0 Å². The Labute approximate surface area is 56.7 Å². The summed E-state index contributed by atoms with van der Waals surface area (Å²) in [5, 5.41) is 8.33. The molecule has 0 saturated carbocycles. The Hall–Kier alpha value is -0.260. The summed E-state index contributed by atoms with van der Waals surface area (Å²) >= 11 is 0. The minimum atomic E-state index is -5.05. The highest BCUT2D eigenvalue weighted by Crippen LogP contribution is 2.23. The lowest BCUT2D eigenvalue weighted by Crippen LogP contribution is -2.22. The lowest BCUT2D eigenvalue weighted by molar-refractivity contribution is -0.342. The van der Waals surface area contributed by atoms with E-state index in [9.17, 15) is 19.1 Å². The molecule has 0 aliphatic rings. The predicted molar refractivity (Wildman–Crippen MR) is 25.6 cm³/mol. The molecule has 0 aliphatic carbocycles. The third-order valence-corrected chi connectivity index (χ3v) is 1.03. The fourth-order valence-corrected chi connectivity index (χ4v) is 0.542. The molecule has 0 aliphatic heterocycles. The topological polar surface area (TPSA) is 110 Å². The van der Waals surface area contributed by atoms with E-state index in [4.69, 9.17) is 5.11 Å². The highest BCUT2D eigenvalue weighted by Gasteiger charge is 2.01. The van der Waals surface area contributed by atoms with Gasteiger partial charge in [-0.2, -0.15) is 0 Å². The van der Waals surface area contributed by atoms with E-state index in [1.165, 1.54) is 0 Å². The van der Waals surface area contributed by atoms with Gasteiger partial charge in [0.05, 0.1) is 14.4 Å². The van der Waals surface area contributed by atoms with Crippen molar-refractivity contribution in [3.63, 3.8) is 0 Å². The summed E-state index contributed by atoms with van der Waals surface area (Å²) in [6.45, 7) is -0.812. The number of rotatable bonds is 4. The van der Waals surface area contributed by atoms with Crippen LogP contribution in [-0.2, 0) is 13.9 Å². The lowest BCUT2D eigenvalue weighted by atomic mass is 10.4. The van der Waals surface area contributed by atoms with Gasteiger partial charge in [0.25, 0.3) is 0 Å². The molecular formula is C3H5O6P-2. The van der Waals surface area contributed by atoms with Gasteiger partial charge in [0.1, 0.15) is 6.10 Å². The van der Waals surface area contributed by atoms with Crippen LogP contribution in [0.1, 0.15) is 0 Å². The molecule has 1 atom stereocenters. The van der Waals surface area contributed by atoms with Crippen molar-refractivity contribution < 1.29 is 28.8 Å². The summed E-state index contributed by atoms with van der Waals surface area (Å²) in [5.41, 5.74) is 0. The standard InChI is InChI=1S/C3H7O6P/c4-1-3(5)2-9-10(6,7)8/h1,3,5H,2H2,(H2,6,7,8)/p-2. The largest absolute Gasteiger partial charge is 0.790 e. The highest BCUT2D eigenvalue weighted by atomic mass is 31.2. The van der Waals surface area contributed by atoms with Gasteiger partial charge in [0, 0.05) is 0 Å². The van der Waals surface area contributed by atoms with E-state index in [0.717, 1.165) is 0 Å². The molecular weight excluding hydrogens is 163 g/mol. The van der Waals surface area contributed by atoms with Crippen molar-refractivity contribution in [2.45, 2.75) is 6.10 Å². The van der Waals surface area contributed by atoms with Crippen molar-refractivity contribution in [2.24, 2.45) is 0 Å². The number of aliphatic hydroxyl groups is 1. The third-order valence-electron chi connectivity index (χ3n) is 0.560. The smallest absolute Gasteiger partial charge is 0.150 e. The van der Waals surface area contributed by atoms with Crippen LogP contribution >= 0.6 is 7.82 Å². The van der Waals surface area contributed by atoms with Gasteiger partial charge in [-0.25, -0.2) is 0 Å². The maximum atomic E-state index is 9.67. The average molecular weight is 168 g/mol. The van der Waals surface area contributed by atoms with Crippen LogP contribution in [0.4, 0.5) is 0 Å². The van der Waals surface area contributed by atoms with E-state index in [1.807, 2.05) is 0 Å². The van der Waals surface area contributed by atoms with E-state index in [-0.39, 0.29) is 6.29 Å². The molecule has 0 saturated heterocycles. The molecule has 1 unspecified atom stereocenters. The molecule has 0 bridgehead atoms. The Morgan fingerprint density at radius 2 is 2.20 bits per heavy atom. The van der Waals surface area contributed by atoms with Crippen LogP contribution in [0.2, 0.25) is 0 Å². The first-order valence-electron chi connectivity index (χ1n) is 2.25. The van der Waals surface area contributed by atoms with Crippen molar-refractivity contribution in [3.05, 3.63) is 0 Å². The molecule has 10 heavy (non-hydrogen) atoms. The minimum absolute atomic E-state index is 0.0651. The monoisotopic (exact) mass is 168 g/mol. The first-order chi connectivity index (χ1) is 4.45. The fourth-order valence-electron chi connectivity index (χ4n) is 0.207. The van der Waals surface area contributed by atoms with Gasteiger partial charge in [-0.05, 0) is 0 Å². The Morgan fingerprint density at radius 1 is 1.70 bits per heavy atom. The maximum Gasteiger partial charge on any atom is 0.150 e. The molecule has 1 N–H and O–H groups in total. The molecule has 6 nitrogen and oxygen atoms in total. The summed E-state index contributed by atoms with van der Waals surface area (Å²) in [6.07, 6.45) is -1.49. The number of phosphoric acid groups is 1. The molecule has 0 rings (SSSR count). The molecule has 0 heterocycles. The van der Waals surface area contributed by atoms with Crippen LogP contribution in [0.5, 0.6) is 0 Å². The molecule has 0 fully saturated rings. The number of hydrogen-bond donors (Lipinski definition) is 1. The van der Waals surface area contributed by atoms with Gasteiger partial charge < -0.3 is 28.8 Å². The van der Waals surface area contributed by atoms with Gasteiger partial charge in [-0.3, -0.25) is 0 Å². The van der Waals surface area contributed by atoms with Gasteiger partial charge >= 0.3 is 0 Å². The molecule has 0 aromatic rings. The number of hydrogen-bond acceptors (Lipinski definition) is 6. The zero-order valence-electron chi connectivity index (χ0n) is 4.80. The third kappa shape index (κ3) is 5.87. The van der Waals surface area contributed by atoms with Gasteiger partial charge in [-0.15, -0.1) is 0 Å². The summed E-state index contributed by atoms with van der Waals surface area (Å²) < 4.78 is 13.2. The predicted octanol–water partition coefficient (Wildman–Crippen LogP) is -2.61. The number of carbonyl (C=O) groups excluding carboxylic acids is 1. The van der Waals surface area contributed by atoms with Crippen LogP contribution in [-0.4, -0.2) is 24.1 Å². The zero-order valence-corrected chi connectivity index (χ0v) is 5.69. The van der Waals surface area contributed by atoms with E-state index in [1.54, 1.807) is 0 Å². The Morgan fingerprint density at radius 3 is 2.50 bits per heavy atom. The number of aliphatic hydroxyl groups excluding tert-OH is 1. The molecule has 0 amide bonds. The van der Waals surface area contributed by atoms with Crippen molar-refractivity contribution in [2.75, 3.05) is 6.61 Å². The van der Waals surface area contributed by atoms with Crippen LogP contribution in [0.25, 0.3) is 0 Å². The normalized spacial score (nSPS) is 14.7. The molecule has 0 radical (unpaired) electrons. The second-order valence-electron chi connectivity index (χ2n) is 1.45. The number of carbonyl (C=O) groups is 1. The summed E-state index contributed by atoms with van der Waals surface area (Å²) in [4.78, 5) is 28.9. The average Bonchev–Trinajstić information content (AvgIpc) is 1.81. The summed E-state index contributed by atoms with van der Waals surface area (Å²) in [5.74, 6) is 0. The Balaban J connectivity index is 3.55. The van der Waals surface area contributed by atoms with E-state index in [0.29, 0.717) is 0 Å². The number of phosphoric ester groups is 1. The Kier molecular flexibility index (Phi) is 3.70. The van der Waals surface area contributed by atoms with Crippen molar-refractivity contribution >= 4 is 14.1 Å². The second kappa shape index (κ2) is 3.80. The molecule has 7 heteroatoms. The first kappa shape index (κ1) is 9.74. The van der Waals surface area contributed by atoms with Crippen LogP contribution < -0.4 is 9.79 Å². The summed E-state index contributed by atoms with van der Waals surface area (Å²) in [6, 6.07) is 0. The SMILES string of the molecule is O=CC(O)COP(=O)([O-])[O-]. The van der Waals surface area contributed by atoms with Gasteiger partial charge in [-0.1, -0.05) is 0 Å². The van der Waals surface area contributed by atoms with Crippen LogP contribution in [0.3, 0.4) is 0 Å². The highest BCUT2D eigenvalue weighted by molar-refractivity contribution is 7.43. The molecule has 0 spiro atoms. The fraction of sp³-hybridized carbons (Fsp3) is 0.667. The second-order valence-corrected chi connectivity index (χ2v) is 2.60. The van der Waals surface area contributed by atoms with E-state index in [2.05, 4.69) is 4.52 Å². The van der Waals surface area contributed by atoms with Gasteiger partial charge in [0.15, 0.2) is 6.29 Å². The van der Waals surface area contributed by atoms with Crippen molar-refractivity contribution in [1.29, 1.82) is 0 Å². The first-order valence-corrected chi connectivity index (χ1v) is 3.72. The molecule has 0 aromatic carbocycles. The zero-order chi connectivity index (χ0) is 8.20.